The van der Waals surface area contributed by atoms with Gasteiger partial charge in [-0.25, -0.2) is 0 Å². The Hall–Kier alpha value is -3.07. The summed E-state index contributed by atoms with van der Waals surface area (Å²) in [6.07, 6.45) is 0. The number of rotatable bonds is 5. The predicted octanol–water partition coefficient (Wildman–Crippen LogP) is 5.57. The Labute approximate surface area is 168 Å². The van der Waals surface area contributed by atoms with Crippen LogP contribution in [0.4, 0.5) is 13.2 Å². The molecule has 0 fully saturated rings. The van der Waals surface area contributed by atoms with Gasteiger partial charge in [0.15, 0.2) is 5.69 Å². The molecule has 29 heavy (non-hydrogen) atoms. The molecular weight excluding hydrogens is 401 g/mol. The second-order valence-corrected chi connectivity index (χ2v) is 7.45. The van der Waals surface area contributed by atoms with Gasteiger partial charge in [0.25, 0.3) is 5.89 Å². The monoisotopic (exact) mass is 416 g/mol. The summed E-state index contributed by atoms with van der Waals surface area (Å²) < 4.78 is 44.5. The zero-order valence-corrected chi connectivity index (χ0v) is 16.0. The van der Waals surface area contributed by atoms with E-state index in [-0.39, 0.29) is 22.5 Å². The first-order valence-corrected chi connectivity index (χ1v) is 9.48. The highest BCUT2D eigenvalue weighted by Gasteiger charge is 2.29. The predicted molar refractivity (Wildman–Crippen MR) is 103 cm³/mol. The zero-order valence-electron chi connectivity index (χ0n) is 15.2. The molecular formula is C20H15F3N4OS. The van der Waals surface area contributed by atoms with E-state index in [1.54, 1.807) is 0 Å². The summed E-state index contributed by atoms with van der Waals surface area (Å²) in [6.45, 7) is 2.56. The number of alkyl halides is 3. The summed E-state index contributed by atoms with van der Waals surface area (Å²) in [6, 6.07) is 17.6. The van der Waals surface area contributed by atoms with E-state index in [1.807, 2.05) is 48.0 Å². The lowest BCUT2D eigenvalue weighted by molar-refractivity contribution is -0.0328. The van der Waals surface area contributed by atoms with Crippen LogP contribution in [0.2, 0.25) is 0 Å². The molecule has 0 aliphatic heterocycles. The SMILES string of the molecule is Cc1cc(-c2nc(-c3ccc(SC(F)(F)F)cc3)no2)nn1Cc1ccccc1. The number of nitrogens with zero attached hydrogens (tertiary/aromatic N) is 4. The quantitative estimate of drug-likeness (QED) is 0.398. The molecule has 0 aliphatic carbocycles. The van der Waals surface area contributed by atoms with Crippen LogP contribution < -0.4 is 0 Å². The van der Waals surface area contributed by atoms with Crippen molar-refractivity contribution >= 4 is 11.8 Å². The van der Waals surface area contributed by atoms with E-state index < -0.39 is 5.51 Å². The van der Waals surface area contributed by atoms with E-state index in [0.29, 0.717) is 23.6 Å². The van der Waals surface area contributed by atoms with Gasteiger partial charge in [-0.1, -0.05) is 35.5 Å². The molecule has 5 nitrogen and oxygen atoms in total. The topological polar surface area (TPSA) is 56.7 Å². The Morgan fingerprint density at radius 1 is 1.03 bits per heavy atom. The summed E-state index contributed by atoms with van der Waals surface area (Å²) in [4.78, 5) is 4.43. The van der Waals surface area contributed by atoms with Crippen LogP contribution in [-0.2, 0) is 6.54 Å². The number of hydrogen-bond acceptors (Lipinski definition) is 5. The van der Waals surface area contributed by atoms with Crippen LogP contribution >= 0.6 is 11.8 Å². The standard InChI is InChI=1S/C20H15F3N4OS/c1-13-11-17(25-27(13)12-14-5-3-2-4-6-14)19-24-18(26-28-19)15-7-9-16(10-8-15)29-20(21,22)23/h2-11H,12H2,1H3. The highest BCUT2D eigenvalue weighted by molar-refractivity contribution is 8.00. The zero-order chi connectivity index (χ0) is 20.4. The van der Waals surface area contributed by atoms with Crippen LogP contribution in [0.3, 0.4) is 0 Å². The van der Waals surface area contributed by atoms with Gasteiger partial charge in [0.1, 0.15) is 0 Å². The maximum atomic E-state index is 12.4. The van der Waals surface area contributed by atoms with Gasteiger partial charge in [0.05, 0.1) is 6.54 Å². The third-order valence-electron chi connectivity index (χ3n) is 4.15. The summed E-state index contributed by atoms with van der Waals surface area (Å²) in [5.41, 5.74) is -1.16. The number of aromatic nitrogens is 4. The molecule has 9 heteroatoms. The lowest BCUT2D eigenvalue weighted by atomic mass is 10.2. The Bertz CT molecular complexity index is 1100. The smallest absolute Gasteiger partial charge is 0.332 e. The van der Waals surface area contributed by atoms with Crippen LogP contribution in [-0.4, -0.2) is 25.4 Å². The Morgan fingerprint density at radius 3 is 2.45 bits per heavy atom. The normalized spacial score (nSPS) is 11.7. The van der Waals surface area contributed by atoms with Crippen molar-refractivity contribution in [3.05, 3.63) is 71.9 Å². The molecule has 2 aromatic heterocycles. The van der Waals surface area contributed by atoms with Crippen LogP contribution in [0.25, 0.3) is 23.0 Å². The largest absolute Gasteiger partial charge is 0.446 e. The Balaban J connectivity index is 1.53. The van der Waals surface area contributed by atoms with E-state index in [1.165, 1.54) is 24.3 Å². The van der Waals surface area contributed by atoms with Gasteiger partial charge in [-0.15, -0.1) is 0 Å². The molecule has 148 valence electrons. The fourth-order valence-electron chi connectivity index (χ4n) is 2.78. The molecule has 0 bridgehead atoms. The van der Waals surface area contributed by atoms with Crippen LogP contribution in [0.15, 0.2) is 70.1 Å². The summed E-state index contributed by atoms with van der Waals surface area (Å²) in [7, 11) is 0. The number of benzene rings is 2. The van der Waals surface area contributed by atoms with E-state index in [0.717, 1.165) is 11.3 Å². The maximum Gasteiger partial charge on any atom is 0.446 e. The third kappa shape index (κ3) is 4.68. The molecule has 0 radical (unpaired) electrons. The number of thioether (sulfide) groups is 1. The third-order valence-corrected chi connectivity index (χ3v) is 4.89. The van der Waals surface area contributed by atoms with Gasteiger partial charge in [-0.2, -0.15) is 23.3 Å². The summed E-state index contributed by atoms with van der Waals surface area (Å²) >= 11 is -0.165. The first kappa shape index (κ1) is 19.3. The van der Waals surface area contributed by atoms with Crippen molar-refractivity contribution in [3.8, 4) is 23.0 Å². The number of aryl methyl sites for hydroxylation is 1. The Kier molecular flexibility index (Phi) is 5.14. The Morgan fingerprint density at radius 2 is 1.76 bits per heavy atom. The second-order valence-electron chi connectivity index (χ2n) is 6.31. The lowest BCUT2D eigenvalue weighted by Gasteiger charge is -2.05. The van der Waals surface area contributed by atoms with Gasteiger partial charge >= 0.3 is 5.51 Å². The molecule has 0 unspecified atom stereocenters. The van der Waals surface area contributed by atoms with Gasteiger partial charge in [0, 0.05) is 16.2 Å². The minimum Gasteiger partial charge on any atom is -0.332 e. The van der Waals surface area contributed by atoms with Crippen molar-refractivity contribution < 1.29 is 17.7 Å². The van der Waals surface area contributed by atoms with Crippen molar-refractivity contribution in [2.45, 2.75) is 23.9 Å². The lowest BCUT2D eigenvalue weighted by Crippen LogP contribution is -2.03. The summed E-state index contributed by atoms with van der Waals surface area (Å²) in [5.74, 6) is 0.544. The first-order chi connectivity index (χ1) is 13.9. The minimum absolute atomic E-state index is 0.0975. The number of halogens is 3. The van der Waals surface area contributed by atoms with Crippen LogP contribution in [0.5, 0.6) is 0 Å². The molecule has 0 amide bonds. The fraction of sp³-hybridized carbons (Fsp3) is 0.150. The molecule has 0 N–H and O–H groups in total. The van der Waals surface area contributed by atoms with Gasteiger partial charge in [-0.05, 0) is 54.6 Å². The second kappa shape index (κ2) is 7.75. The molecule has 0 atom stereocenters. The van der Waals surface area contributed by atoms with E-state index in [9.17, 15) is 13.2 Å². The molecule has 0 saturated carbocycles. The van der Waals surface area contributed by atoms with Crippen molar-refractivity contribution in [2.75, 3.05) is 0 Å². The fourth-order valence-corrected chi connectivity index (χ4v) is 3.32. The summed E-state index contributed by atoms with van der Waals surface area (Å²) in [5, 5.41) is 8.45. The highest BCUT2D eigenvalue weighted by atomic mass is 32.2. The van der Waals surface area contributed by atoms with Crippen LogP contribution in [0.1, 0.15) is 11.3 Å². The molecule has 0 saturated heterocycles. The average molecular weight is 416 g/mol. The van der Waals surface area contributed by atoms with Gasteiger partial charge in [-0.3, -0.25) is 4.68 Å². The van der Waals surface area contributed by atoms with E-state index >= 15 is 0 Å². The van der Waals surface area contributed by atoms with E-state index in [4.69, 9.17) is 4.52 Å². The molecule has 4 rings (SSSR count). The maximum absolute atomic E-state index is 12.4. The molecule has 0 spiro atoms. The molecule has 0 aliphatic rings. The molecule has 4 aromatic rings. The van der Waals surface area contributed by atoms with Crippen molar-refractivity contribution in [3.63, 3.8) is 0 Å². The first-order valence-electron chi connectivity index (χ1n) is 8.66. The average Bonchev–Trinajstić information content (AvgIpc) is 3.30. The molecule has 2 heterocycles. The number of hydrogen-bond donors (Lipinski definition) is 0. The van der Waals surface area contributed by atoms with Crippen molar-refractivity contribution in [2.24, 2.45) is 0 Å². The van der Waals surface area contributed by atoms with Crippen molar-refractivity contribution in [1.82, 2.24) is 19.9 Å². The van der Waals surface area contributed by atoms with Gasteiger partial charge in [0.2, 0.25) is 5.82 Å². The van der Waals surface area contributed by atoms with E-state index in [2.05, 4.69) is 15.2 Å². The molecule has 2 aromatic carbocycles. The minimum atomic E-state index is -4.32. The van der Waals surface area contributed by atoms with Gasteiger partial charge < -0.3 is 4.52 Å². The highest BCUT2D eigenvalue weighted by Crippen LogP contribution is 2.37. The van der Waals surface area contributed by atoms with Crippen molar-refractivity contribution in [1.29, 1.82) is 0 Å². The van der Waals surface area contributed by atoms with Crippen LogP contribution in [0, 0.1) is 6.92 Å².